The van der Waals surface area contributed by atoms with E-state index in [0.717, 1.165) is 27.3 Å². The van der Waals surface area contributed by atoms with Crippen LogP contribution in [-0.4, -0.2) is 27.2 Å². The Morgan fingerprint density at radius 2 is 1.82 bits per heavy atom. The second-order valence-electron chi connectivity index (χ2n) is 8.35. The Kier molecular flexibility index (Phi) is 7.97. The fourth-order valence-electron chi connectivity index (χ4n) is 3.63. The molecule has 0 radical (unpaired) electrons. The summed E-state index contributed by atoms with van der Waals surface area (Å²) in [5.74, 6) is -0.932. The van der Waals surface area contributed by atoms with Crippen LogP contribution in [0.3, 0.4) is 0 Å². The van der Waals surface area contributed by atoms with E-state index >= 15 is 0 Å². The molecule has 5 nitrogen and oxygen atoms in total. The van der Waals surface area contributed by atoms with Crippen molar-refractivity contribution >= 4 is 17.7 Å². The molecule has 0 aliphatic rings. The highest BCUT2D eigenvalue weighted by Crippen LogP contribution is 2.39. The number of aliphatic carboxylic acids is 1. The third-order valence-corrected chi connectivity index (χ3v) is 6.46. The van der Waals surface area contributed by atoms with Gasteiger partial charge in [-0.15, -0.1) is 24.9 Å². The zero-order chi connectivity index (χ0) is 25.0. The minimum atomic E-state index is -4.73. The summed E-state index contributed by atoms with van der Waals surface area (Å²) in [6.45, 7) is 8.17. The summed E-state index contributed by atoms with van der Waals surface area (Å²) in [6, 6.07) is 11.7. The van der Waals surface area contributed by atoms with Gasteiger partial charge in [-0.2, -0.15) is 5.10 Å². The fourth-order valence-corrected chi connectivity index (χ4v) is 4.74. The van der Waals surface area contributed by atoms with Crippen LogP contribution in [0.1, 0.15) is 60.7 Å². The van der Waals surface area contributed by atoms with Gasteiger partial charge in [-0.3, -0.25) is 4.79 Å². The van der Waals surface area contributed by atoms with Crippen LogP contribution in [0, 0.1) is 6.92 Å². The molecule has 0 saturated carbocycles. The van der Waals surface area contributed by atoms with Crippen molar-refractivity contribution in [1.29, 1.82) is 0 Å². The highest BCUT2D eigenvalue weighted by molar-refractivity contribution is 7.99. The highest BCUT2D eigenvalue weighted by atomic mass is 32.2. The Hall–Kier alpha value is -2.94. The molecule has 182 valence electrons. The predicted octanol–water partition coefficient (Wildman–Crippen LogP) is 7.07. The van der Waals surface area contributed by atoms with Crippen molar-refractivity contribution < 1.29 is 27.8 Å². The topological polar surface area (TPSA) is 64.4 Å². The summed E-state index contributed by atoms with van der Waals surface area (Å²) >= 11 is 1.68. The summed E-state index contributed by atoms with van der Waals surface area (Å²) < 4.78 is 42.9. The van der Waals surface area contributed by atoms with Crippen LogP contribution in [0.15, 0.2) is 53.6 Å². The number of nitrogens with zero attached hydrogens (tertiary/aromatic N) is 2. The molecule has 1 aromatic heterocycles. The van der Waals surface area contributed by atoms with E-state index < -0.39 is 12.3 Å². The number of aromatic nitrogens is 2. The maximum atomic E-state index is 12.4. The van der Waals surface area contributed by atoms with Gasteiger partial charge in [0.2, 0.25) is 0 Å². The number of carboxylic acids is 1. The number of hydrogen-bond acceptors (Lipinski definition) is 4. The molecule has 1 N–H and O–H groups in total. The number of aryl methyl sites for hydroxylation is 2. The summed E-state index contributed by atoms with van der Waals surface area (Å²) in [6.07, 6.45) is -2.21. The van der Waals surface area contributed by atoms with Gasteiger partial charge < -0.3 is 9.84 Å². The lowest BCUT2D eigenvalue weighted by molar-refractivity contribution is -0.274. The average Bonchev–Trinajstić information content (AvgIpc) is 3.18. The van der Waals surface area contributed by atoms with Crippen LogP contribution in [0.4, 0.5) is 13.2 Å². The van der Waals surface area contributed by atoms with Crippen LogP contribution < -0.4 is 4.74 Å². The molecule has 3 rings (SSSR count). The molecule has 0 spiro atoms. The van der Waals surface area contributed by atoms with Gasteiger partial charge in [0.25, 0.3) is 0 Å². The van der Waals surface area contributed by atoms with E-state index in [1.165, 1.54) is 12.1 Å². The number of thioether (sulfide) groups is 1. The van der Waals surface area contributed by atoms with Crippen LogP contribution in [0.5, 0.6) is 5.75 Å². The molecule has 2 aromatic carbocycles. The van der Waals surface area contributed by atoms with Crippen molar-refractivity contribution in [2.75, 3.05) is 0 Å². The number of carboxylic acid groups (broad SMARTS) is 1. The first-order chi connectivity index (χ1) is 15.9. The molecule has 0 saturated heterocycles. The van der Waals surface area contributed by atoms with Gasteiger partial charge in [-0.1, -0.05) is 19.9 Å². The minimum Gasteiger partial charge on any atom is -0.481 e. The maximum Gasteiger partial charge on any atom is 0.573 e. The minimum absolute atomic E-state index is 0.0725. The standard InChI is InChI=1S/C25H27F3N2O3S/c1-15(2)24-22(14-30(29-24)19-7-9-20(10-8-19)33-25(26,27)28)17(4)34-21-11-5-18(16(3)13-21)6-12-23(31)32/h5,7-11,13-15,17H,6,12H2,1-4H3,(H,31,32). The summed E-state index contributed by atoms with van der Waals surface area (Å²) in [4.78, 5) is 11.9. The molecular weight excluding hydrogens is 465 g/mol. The Morgan fingerprint density at radius 3 is 2.38 bits per heavy atom. The first kappa shape index (κ1) is 25.7. The number of benzene rings is 2. The molecule has 0 bridgehead atoms. The molecule has 0 amide bonds. The third-order valence-electron chi connectivity index (χ3n) is 5.33. The van der Waals surface area contributed by atoms with Crippen molar-refractivity contribution in [1.82, 2.24) is 9.78 Å². The van der Waals surface area contributed by atoms with E-state index in [1.807, 2.05) is 25.3 Å². The second-order valence-corrected chi connectivity index (χ2v) is 9.77. The Balaban J connectivity index is 1.80. The van der Waals surface area contributed by atoms with Gasteiger partial charge in [0.1, 0.15) is 5.75 Å². The average molecular weight is 493 g/mol. The molecule has 34 heavy (non-hydrogen) atoms. The van der Waals surface area contributed by atoms with Gasteiger partial charge in [-0.05, 0) is 73.7 Å². The summed E-state index contributed by atoms with van der Waals surface area (Å²) in [5.41, 5.74) is 4.68. The lowest BCUT2D eigenvalue weighted by Crippen LogP contribution is -2.17. The zero-order valence-electron chi connectivity index (χ0n) is 19.4. The lowest BCUT2D eigenvalue weighted by Gasteiger charge is -2.14. The number of carbonyl (C=O) groups is 1. The van der Waals surface area contributed by atoms with E-state index in [1.54, 1.807) is 28.6 Å². The van der Waals surface area contributed by atoms with Crippen LogP contribution >= 0.6 is 11.8 Å². The number of rotatable bonds is 9. The maximum absolute atomic E-state index is 12.4. The first-order valence-corrected chi connectivity index (χ1v) is 11.7. The van der Waals surface area contributed by atoms with Crippen LogP contribution in [0.25, 0.3) is 5.69 Å². The van der Waals surface area contributed by atoms with Gasteiger partial charge in [0.05, 0.1) is 11.4 Å². The molecule has 1 unspecified atom stereocenters. The fraction of sp³-hybridized carbons (Fsp3) is 0.360. The number of alkyl halides is 3. The summed E-state index contributed by atoms with van der Waals surface area (Å²) in [7, 11) is 0. The second kappa shape index (κ2) is 10.5. The van der Waals surface area contributed by atoms with Gasteiger partial charge in [0, 0.05) is 28.3 Å². The highest BCUT2D eigenvalue weighted by Gasteiger charge is 2.31. The summed E-state index contributed by atoms with van der Waals surface area (Å²) in [5, 5.41) is 13.7. The quantitative estimate of drug-likeness (QED) is 0.324. The van der Waals surface area contributed by atoms with E-state index in [4.69, 9.17) is 10.2 Å². The monoisotopic (exact) mass is 492 g/mol. The molecular formula is C25H27F3N2O3S. The predicted molar refractivity (Wildman–Crippen MR) is 126 cm³/mol. The SMILES string of the molecule is Cc1cc(SC(C)c2cn(-c3ccc(OC(F)(F)F)cc3)nc2C(C)C)ccc1CCC(=O)O. The van der Waals surface area contributed by atoms with E-state index in [9.17, 15) is 18.0 Å². The van der Waals surface area contributed by atoms with Crippen molar-refractivity contribution in [3.8, 4) is 11.4 Å². The number of ether oxygens (including phenoxy) is 1. The molecule has 9 heteroatoms. The molecule has 1 heterocycles. The van der Waals surface area contributed by atoms with Crippen molar-refractivity contribution in [3.63, 3.8) is 0 Å². The first-order valence-electron chi connectivity index (χ1n) is 10.9. The van der Waals surface area contributed by atoms with Gasteiger partial charge in [0.15, 0.2) is 0 Å². The van der Waals surface area contributed by atoms with Crippen LogP contribution in [-0.2, 0) is 11.2 Å². The molecule has 0 fully saturated rings. The van der Waals surface area contributed by atoms with Crippen molar-refractivity contribution in [2.24, 2.45) is 0 Å². The van der Waals surface area contributed by atoms with E-state index in [2.05, 4.69) is 31.6 Å². The zero-order valence-corrected chi connectivity index (χ0v) is 20.2. The third kappa shape index (κ3) is 6.79. The smallest absolute Gasteiger partial charge is 0.481 e. The Bertz CT molecular complexity index is 1140. The normalized spacial score (nSPS) is 12.7. The van der Waals surface area contributed by atoms with E-state index in [0.29, 0.717) is 12.1 Å². The molecule has 0 aliphatic heterocycles. The number of halogens is 3. The molecule has 1 atom stereocenters. The van der Waals surface area contributed by atoms with Gasteiger partial charge >= 0.3 is 12.3 Å². The van der Waals surface area contributed by atoms with Crippen molar-refractivity contribution in [3.05, 3.63) is 71.0 Å². The molecule has 3 aromatic rings. The Morgan fingerprint density at radius 1 is 1.15 bits per heavy atom. The molecule has 0 aliphatic carbocycles. The van der Waals surface area contributed by atoms with Crippen molar-refractivity contribution in [2.45, 2.75) is 63.0 Å². The number of hydrogen-bond donors (Lipinski definition) is 1. The Labute approximate surface area is 200 Å². The lowest BCUT2D eigenvalue weighted by atomic mass is 10.0. The largest absolute Gasteiger partial charge is 0.573 e. The van der Waals surface area contributed by atoms with Crippen LogP contribution in [0.2, 0.25) is 0 Å². The van der Waals surface area contributed by atoms with E-state index in [-0.39, 0.29) is 23.3 Å². The van der Waals surface area contributed by atoms with Gasteiger partial charge in [-0.25, -0.2) is 4.68 Å².